The Kier molecular flexibility index (Phi) is 6.52. The first kappa shape index (κ1) is 18.9. The monoisotopic (exact) mass is 365 g/mol. The van der Waals surface area contributed by atoms with E-state index >= 15 is 0 Å². The zero-order chi connectivity index (χ0) is 18.4. The van der Waals surface area contributed by atoms with Crippen LogP contribution in [-0.4, -0.2) is 23.2 Å². The van der Waals surface area contributed by atoms with E-state index in [1.807, 2.05) is 30.3 Å². The summed E-state index contributed by atoms with van der Waals surface area (Å²) in [6.07, 6.45) is -1.19. The van der Waals surface area contributed by atoms with E-state index in [2.05, 4.69) is 5.32 Å². The number of esters is 1. The van der Waals surface area contributed by atoms with Crippen LogP contribution in [0.4, 0.5) is 14.5 Å². The molecule has 0 spiro atoms. The van der Waals surface area contributed by atoms with Crippen molar-refractivity contribution in [2.45, 2.75) is 30.1 Å². The molecule has 0 heterocycles. The fourth-order valence-electron chi connectivity index (χ4n) is 1.92. The number of anilines is 1. The lowest BCUT2D eigenvalue weighted by Gasteiger charge is -2.17. The molecule has 0 aliphatic rings. The molecule has 0 unspecified atom stereocenters. The van der Waals surface area contributed by atoms with Crippen LogP contribution in [0.5, 0.6) is 0 Å². The zero-order valence-electron chi connectivity index (χ0n) is 13.7. The highest BCUT2D eigenvalue weighted by Crippen LogP contribution is 2.24. The number of halogens is 2. The first-order valence-corrected chi connectivity index (χ1v) is 8.43. The lowest BCUT2D eigenvalue weighted by atomic mass is 10.2. The second kappa shape index (κ2) is 8.62. The maximum atomic E-state index is 13.5. The van der Waals surface area contributed by atoms with Gasteiger partial charge in [0.05, 0.1) is 0 Å². The molecule has 132 valence electrons. The Morgan fingerprint density at radius 3 is 2.20 bits per heavy atom. The second-order valence-electron chi connectivity index (χ2n) is 5.24. The minimum Gasteiger partial charge on any atom is -0.452 e. The van der Waals surface area contributed by atoms with Crippen molar-refractivity contribution >= 4 is 29.3 Å². The highest BCUT2D eigenvalue weighted by atomic mass is 32.2. The average Bonchev–Trinajstić information content (AvgIpc) is 2.58. The molecule has 0 bridgehead atoms. The van der Waals surface area contributed by atoms with Gasteiger partial charge >= 0.3 is 5.97 Å². The quantitative estimate of drug-likeness (QED) is 0.621. The number of rotatable bonds is 6. The molecule has 0 radical (unpaired) electrons. The van der Waals surface area contributed by atoms with Gasteiger partial charge in [0.15, 0.2) is 6.10 Å². The van der Waals surface area contributed by atoms with Gasteiger partial charge in [0.2, 0.25) is 0 Å². The number of carbonyl (C=O) groups is 2. The van der Waals surface area contributed by atoms with Gasteiger partial charge in [0.25, 0.3) is 5.91 Å². The number of amides is 1. The number of para-hydroxylation sites is 1. The molecule has 0 aromatic heterocycles. The number of benzene rings is 2. The summed E-state index contributed by atoms with van der Waals surface area (Å²) >= 11 is 1.29. The van der Waals surface area contributed by atoms with E-state index in [9.17, 15) is 18.4 Å². The van der Waals surface area contributed by atoms with Gasteiger partial charge in [-0.1, -0.05) is 24.3 Å². The molecule has 0 saturated heterocycles. The van der Waals surface area contributed by atoms with E-state index in [0.717, 1.165) is 17.0 Å². The Morgan fingerprint density at radius 2 is 1.60 bits per heavy atom. The molecule has 0 aliphatic heterocycles. The molecule has 2 aromatic rings. The van der Waals surface area contributed by atoms with Crippen molar-refractivity contribution in [3.05, 3.63) is 60.2 Å². The number of thioether (sulfide) groups is 1. The molecular weight excluding hydrogens is 348 g/mol. The minimum atomic E-state index is -1.19. The zero-order valence-corrected chi connectivity index (χ0v) is 14.5. The van der Waals surface area contributed by atoms with Crippen molar-refractivity contribution in [1.29, 1.82) is 0 Å². The van der Waals surface area contributed by atoms with Crippen LogP contribution >= 0.6 is 11.8 Å². The van der Waals surface area contributed by atoms with Crippen LogP contribution in [0.25, 0.3) is 0 Å². The Balaban J connectivity index is 1.93. The number of hydrogen-bond donors (Lipinski definition) is 1. The summed E-state index contributed by atoms with van der Waals surface area (Å²) < 4.78 is 32.2. The van der Waals surface area contributed by atoms with Gasteiger partial charge in [-0.3, -0.25) is 9.59 Å². The van der Waals surface area contributed by atoms with Gasteiger partial charge < -0.3 is 10.1 Å². The van der Waals surface area contributed by atoms with Crippen molar-refractivity contribution in [2.75, 3.05) is 5.32 Å². The maximum Gasteiger partial charge on any atom is 0.319 e. The van der Waals surface area contributed by atoms with Crippen molar-refractivity contribution in [2.24, 2.45) is 0 Å². The molecule has 0 fully saturated rings. The fourth-order valence-corrected chi connectivity index (χ4v) is 2.79. The topological polar surface area (TPSA) is 55.4 Å². The van der Waals surface area contributed by atoms with Crippen molar-refractivity contribution in [3.8, 4) is 0 Å². The van der Waals surface area contributed by atoms with Crippen LogP contribution < -0.4 is 5.32 Å². The van der Waals surface area contributed by atoms with E-state index in [1.165, 1.54) is 24.8 Å². The minimum absolute atomic E-state index is 0.539. The van der Waals surface area contributed by atoms with Gasteiger partial charge in [-0.25, -0.2) is 8.78 Å². The molecule has 25 heavy (non-hydrogen) atoms. The average molecular weight is 365 g/mol. The lowest BCUT2D eigenvalue weighted by molar-refractivity contribution is -0.152. The summed E-state index contributed by atoms with van der Waals surface area (Å²) in [7, 11) is 0. The van der Waals surface area contributed by atoms with Crippen LogP contribution in [0, 0.1) is 11.6 Å². The largest absolute Gasteiger partial charge is 0.452 e. The third kappa shape index (κ3) is 5.29. The van der Waals surface area contributed by atoms with Crippen LogP contribution in [0.2, 0.25) is 0 Å². The third-order valence-electron chi connectivity index (χ3n) is 3.26. The summed E-state index contributed by atoms with van der Waals surface area (Å²) in [5, 5.41) is 1.56. The van der Waals surface area contributed by atoms with E-state index in [1.54, 1.807) is 6.92 Å². The summed E-state index contributed by atoms with van der Waals surface area (Å²) in [6, 6.07) is 12.5. The highest BCUT2D eigenvalue weighted by Gasteiger charge is 2.24. The molecule has 0 saturated carbocycles. The molecule has 4 nitrogen and oxygen atoms in total. The summed E-state index contributed by atoms with van der Waals surface area (Å²) in [5.41, 5.74) is -0.567. The van der Waals surface area contributed by atoms with Gasteiger partial charge in [0.1, 0.15) is 22.6 Å². The van der Waals surface area contributed by atoms with Crippen molar-refractivity contribution in [1.82, 2.24) is 0 Å². The maximum absolute atomic E-state index is 13.5. The van der Waals surface area contributed by atoms with Gasteiger partial charge in [-0.2, -0.15) is 0 Å². The molecule has 1 amide bonds. The highest BCUT2D eigenvalue weighted by molar-refractivity contribution is 8.00. The SMILES string of the molecule is C[C@H](Sc1ccccc1)C(=O)O[C@H](C)C(=O)Nc1c(F)cccc1F. The normalized spacial score (nSPS) is 13.0. The molecule has 0 aliphatic carbocycles. The van der Waals surface area contributed by atoms with Crippen LogP contribution in [0.3, 0.4) is 0 Å². The van der Waals surface area contributed by atoms with Crippen LogP contribution in [0.1, 0.15) is 13.8 Å². The third-order valence-corrected chi connectivity index (χ3v) is 4.35. The predicted octanol–water partition coefficient (Wildman–Crippen LogP) is 4.02. The Bertz CT molecular complexity index is 735. The Hall–Kier alpha value is -2.41. The molecule has 2 atom stereocenters. The number of hydrogen-bond acceptors (Lipinski definition) is 4. The number of ether oxygens (including phenoxy) is 1. The smallest absolute Gasteiger partial charge is 0.319 e. The van der Waals surface area contributed by atoms with Gasteiger partial charge in [-0.05, 0) is 38.1 Å². The molecule has 2 rings (SSSR count). The van der Waals surface area contributed by atoms with Crippen molar-refractivity contribution in [3.63, 3.8) is 0 Å². The lowest BCUT2D eigenvalue weighted by Crippen LogP contribution is -2.33. The molecule has 2 aromatic carbocycles. The van der Waals surface area contributed by atoms with Gasteiger partial charge in [-0.15, -0.1) is 11.8 Å². The number of carbonyl (C=O) groups excluding carboxylic acids is 2. The molecule has 7 heteroatoms. The molecule has 1 N–H and O–H groups in total. The summed E-state index contributed by atoms with van der Waals surface area (Å²) in [6.45, 7) is 2.99. The van der Waals surface area contributed by atoms with Crippen molar-refractivity contribution < 1.29 is 23.1 Å². The van der Waals surface area contributed by atoms with Gasteiger partial charge in [0, 0.05) is 4.90 Å². The fraction of sp³-hybridized carbons (Fsp3) is 0.222. The Morgan fingerprint density at radius 1 is 1.00 bits per heavy atom. The van der Waals surface area contributed by atoms with E-state index < -0.39 is 40.6 Å². The number of nitrogens with one attached hydrogen (secondary N) is 1. The first-order valence-electron chi connectivity index (χ1n) is 7.55. The second-order valence-corrected chi connectivity index (χ2v) is 6.65. The van der Waals surface area contributed by atoms with Crippen LogP contribution in [0.15, 0.2) is 53.4 Å². The van der Waals surface area contributed by atoms with E-state index in [-0.39, 0.29) is 0 Å². The summed E-state index contributed by atoms with van der Waals surface area (Å²) in [4.78, 5) is 25.0. The standard InChI is InChI=1S/C18H17F2NO3S/c1-11(17(22)21-16-14(19)9-6-10-15(16)20)24-18(23)12(2)25-13-7-4-3-5-8-13/h3-12H,1-2H3,(H,21,22)/t11-,12+/m1/s1. The van der Waals surface area contributed by atoms with Crippen LogP contribution in [-0.2, 0) is 14.3 Å². The predicted molar refractivity (Wildman–Crippen MR) is 92.3 cm³/mol. The van der Waals surface area contributed by atoms with E-state index in [0.29, 0.717) is 0 Å². The summed E-state index contributed by atoms with van der Waals surface area (Å²) in [5.74, 6) is -3.21. The Labute approximate surface area is 148 Å². The van der Waals surface area contributed by atoms with E-state index in [4.69, 9.17) is 4.74 Å². The first-order chi connectivity index (χ1) is 11.9. The molecular formula is C18H17F2NO3S.